The minimum absolute atomic E-state index is 0.0401. The minimum atomic E-state index is -3.31. The third-order valence-electron chi connectivity index (χ3n) is 4.99. The Bertz CT molecular complexity index is 1580. The second kappa shape index (κ2) is 8.61. The second-order valence-electron chi connectivity index (χ2n) is 7.56. The molecular formula is C24H20N2O4S2. The summed E-state index contributed by atoms with van der Waals surface area (Å²) in [4.78, 5) is 29.6. The summed E-state index contributed by atoms with van der Waals surface area (Å²) in [6.07, 6.45) is 1.72. The van der Waals surface area contributed by atoms with Gasteiger partial charge in [-0.2, -0.15) is 0 Å². The van der Waals surface area contributed by atoms with Gasteiger partial charge in [-0.15, -0.1) is 11.3 Å². The molecule has 0 aliphatic carbocycles. The van der Waals surface area contributed by atoms with Gasteiger partial charge in [0.25, 0.3) is 5.56 Å². The first-order valence-electron chi connectivity index (χ1n) is 9.81. The Labute approximate surface area is 189 Å². The van der Waals surface area contributed by atoms with Gasteiger partial charge < -0.3 is 0 Å². The van der Waals surface area contributed by atoms with Crippen molar-refractivity contribution in [2.24, 2.45) is 0 Å². The minimum Gasteiger partial charge on any atom is -0.298 e. The van der Waals surface area contributed by atoms with Gasteiger partial charge in [-0.05, 0) is 36.2 Å². The lowest BCUT2D eigenvalue weighted by atomic mass is 10.1. The van der Waals surface area contributed by atoms with Crippen molar-refractivity contribution in [3.8, 4) is 11.8 Å². The van der Waals surface area contributed by atoms with Crippen LogP contribution in [0.2, 0.25) is 0 Å². The number of fused-ring (bicyclic) bond motifs is 1. The van der Waals surface area contributed by atoms with Crippen LogP contribution < -0.4 is 11.2 Å². The largest absolute Gasteiger partial charge is 0.329 e. The zero-order chi connectivity index (χ0) is 22.9. The van der Waals surface area contributed by atoms with Gasteiger partial charge in [-0.1, -0.05) is 53.8 Å². The Morgan fingerprint density at radius 1 is 1.00 bits per heavy atom. The maximum Gasteiger partial charge on any atom is 0.329 e. The average Bonchev–Trinajstić information content (AvgIpc) is 3.15. The molecule has 0 aliphatic heterocycles. The predicted molar refractivity (Wildman–Crippen MR) is 127 cm³/mol. The SMILES string of the molecule is Cc1ccc(CC#Cc2cc3c(=O)n(Cc4ccc(S(C)(=O)=O)cc4)c(=O)[nH]c3s2)cc1. The number of aryl methyl sites for hydroxylation is 1. The molecule has 4 aromatic rings. The van der Waals surface area contributed by atoms with Crippen LogP contribution in [0.5, 0.6) is 0 Å². The lowest BCUT2D eigenvalue weighted by molar-refractivity contribution is 0.602. The quantitative estimate of drug-likeness (QED) is 0.470. The first kappa shape index (κ1) is 21.8. The smallest absolute Gasteiger partial charge is 0.298 e. The third-order valence-corrected chi connectivity index (χ3v) is 7.08. The number of benzene rings is 2. The van der Waals surface area contributed by atoms with Gasteiger partial charge in [0.05, 0.1) is 21.7 Å². The van der Waals surface area contributed by atoms with Crippen LogP contribution in [0, 0.1) is 18.8 Å². The Hall–Kier alpha value is -3.41. The monoisotopic (exact) mass is 464 g/mol. The van der Waals surface area contributed by atoms with Crippen molar-refractivity contribution in [1.82, 2.24) is 9.55 Å². The molecular weight excluding hydrogens is 444 g/mol. The molecule has 0 fully saturated rings. The molecule has 0 saturated heterocycles. The summed E-state index contributed by atoms with van der Waals surface area (Å²) in [7, 11) is -3.31. The van der Waals surface area contributed by atoms with Crippen molar-refractivity contribution in [3.05, 3.63) is 97.0 Å². The number of hydrogen-bond donors (Lipinski definition) is 1. The third kappa shape index (κ3) is 4.74. The van der Waals surface area contributed by atoms with E-state index in [0.29, 0.717) is 27.1 Å². The number of thiophene rings is 1. The van der Waals surface area contributed by atoms with Gasteiger partial charge in [0.2, 0.25) is 0 Å². The number of nitrogens with zero attached hydrogens (tertiary/aromatic N) is 1. The Morgan fingerprint density at radius 3 is 2.31 bits per heavy atom. The van der Waals surface area contributed by atoms with Crippen LogP contribution in [0.3, 0.4) is 0 Å². The van der Waals surface area contributed by atoms with Crippen LogP contribution >= 0.6 is 11.3 Å². The molecule has 0 bridgehead atoms. The van der Waals surface area contributed by atoms with E-state index < -0.39 is 21.1 Å². The molecule has 6 nitrogen and oxygen atoms in total. The van der Waals surface area contributed by atoms with Gasteiger partial charge in [-0.25, -0.2) is 13.2 Å². The molecule has 162 valence electrons. The van der Waals surface area contributed by atoms with Gasteiger partial charge in [0.15, 0.2) is 9.84 Å². The summed E-state index contributed by atoms with van der Waals surface area (Å²) < 4.78 is 24.3. The number of H-pyrrole nitrogens is 1. The number of sulfone groups is 1. The molecule has 8 heteroatoms. The highest BCUT2D eigenvalue weighted by atomic mass is 32.2. The maximum atomic E-state index is 12.9. The van der Waals surface area contributed by atoms with Crippen molar-refractivity contribution < 1.29 is 8.42 Å². The van der Waals surface area contributed by atoms with E-state index in [1.54, 1.807) is 18.2 Å². The van der Waals surface area contributed by atoms with Gasteiger partial charge in [0, 0.05) is 12.7 Å². The molecule has 2 heterocycles. The Morgan fingerprint density at radius 2 is 1.66 bits per heavy atom. The highest BCUT2D eigenvalue weighted by Gasteiger charge is 2.12. The molecule has 2 aromatic heterocycles. The van der Waals surface area contributed by atoms with Gasteiger partial charge >= 0.3 is 5.69 Å². The summed E-state index contributed by atoms with van der Waals surface area (Å²) in [6, 6.07) is 16.0. The predicted octanol–water partition coefficient (Wildman–Crippen LogP) is 3.11. The fraction of sp³-hybridized carbons (Fsp3) is 0.167. The molecule has 0 spiro atoms. The maximum absolute atomic E-state index is 12.9. The molecule has 4 rings (SSSR count). The fourth-order valence-electron chi connectivity index (χ4n) is 3.21. The highest BCUT2D eigenvalue weighted by molar-refractivity contribution is 7.90. The Balaban J connectivity index is 1.61. The van der Waals surface area contributed by atoms with E-state index in [0.717, 1.165) is 16.4 Å². The van der Waals surface area contributed by atoms with E-state index in [1.165, 1.54) is 29.0 Å². The highest BCUT2D eigenvalue weighted by Crippen LogP contribution is 2.19. The van der Waals surface area contributed by atoms with Crippen molar-refractivity contribution in [1.29, 1.82) is 0 Å². The normalized spacial score (nSPS) is 11.3. The summed E-state index contributed by atoms with van der Waals surface area (Å²) >= 11 is 1.27. The fourth-order valence-corrected chi connectivity index (χ4v) is 4.76. The molecule has 2 aromatic carbocycles. The van der Waals surface area contributed by atoms with E-state index in [2.05, 4.69) is 16.8 Å². The van der Waals surface area contributed by atoms with Crippen LogP contribution in [-0.4, -0.2) is 24.2 Å². The Kier molecular flexibility index (Phi) is 5.87. The molecule has 0 radical (unpaired) electrons. The lowest BCUT2D eigenvalue weighted by Crippen LogP contribution is -2.34. The van der Waals surface area contributed by atoms with Crippen molar-refractivity contribution >= 4 is 31.4 Å². The van der Waals surface area contributed by atoms with E-state index >= 15 is 0 Å². The average molecular weight is 465 g/mol. The molecule has 0 atom stereocenters. The van der Waals surface area contributed by atoms with E-state index in [9.17, 15) is 18.0 Å². The zero-order valence-electron chi connectivity index (χ0n) is 17.5. The van der Waals surface area contributed by atoms with Gasteiger partial charge in [0.1, 0.15) is 4.83 Å². The van der Waals surface area contributed by atoms with Crippen molar-refractivity contribution in [2.45, 2.75) is 24.8 Å². The van der Waals surface area contributed by atoms with Crippen LogP contribution in [0.25, 0.3) is 10.2 Å². The van der Waals surface area contributed by atoms with E-state index in [4.69, 9.17) is 0 Å². The number of hydrogen-bond acceptors (Lipinski definition) is 5. The van der Waals surface area contributed by atoms with Gasteiger partial charge in [-0.3, -0.25) is 14.3 Å². The molecule has 0 unspecified atom stereocenters. The van der Waals surface area contributed by atoms with E-state index in [1.807, 2.05) is 31.2 Å². The standard InChI is InChI=1S/C24H20N2O4S2/c1-16-6-8-17(9-7-16)4-3-5-19-14-21-22(31-19)25-24(28)26(23(21)27)15-18-10-12-20(13-11-18)32(2,29)30/h6-14H,4,15H2,1-2H3,(H,25,28). The van der Waals surface area contributed by atoms with Crippen LogP contribution in [0.1, 0.15) is 21.6 Å². The van der Waals surface area contributed by atoms with E-state index in [-0.39, 0.29) is 11.4 Å². The second-order valence-corrected chi connectivity index (χ2v) is 10.6. The number of aromatic amines is 1. The number of rotatable bonds is 4. The molecule has 1 N–H and O–H groups in total. The summed E-state index contributed by atoms with van der Waals surface area (Å²) in [5.74, 6) is 6.19. The molecule has 0 saturated carbocycles. The zero-order valence-corrected chi connectivity index (χ0v) is 19.1. The lowest BCUT2D eigenvalue weighted by Gasteiger charge is -2.06. The van der Waals surface area contributed by atoms with Crippen LogP contribution in [0.4, 0.5) is 0 Å². The first-order chi connectivity index (χ1) is 15.2. The molecule has 0 amide bonds. The topological polar surface area (TPSA) is 89.0 Å². The number of aromatic nitrogens is 2. The molecule has 0 aliphatic rings. The van der Waals surface area contributed by atoms with Crippen LogP contribution in [-0.2, 0) is 22.8 Å². The summed E-state index contributed by atoms with van der Waals surface area (Å²) in [5.41, 5.74) is 2.03. The first-order valence-corrected chi connectivity index (χ1v) is 12.5. The summed E-state index contributed by atoms with van der Waals surface area (Å²) in [6.45, 7) is 2.07. The molecule has 32 heavy (non-hydrogen) atoms. The van der Waals surface area contributed by atoms with Crippen LogP contribution in [0.15, 0.2) is 69.1 Å². The number of nitrogens with one attached hydrogen (secondary N) is 1. The van der Waals surface area contributed by atoms with Crippen molar-refractivity contribution in [3.63, 3.8) is 0 Å². The van der Waals surface area contributed by atoms with Crippen molar-refractivity contribution in [2.75, 3.05) is 6.26 Å². The summed E-state index contributed by atoms with van der Waals surface area (Å²) in [5, 5.41) is 0.405.